The lowest BCUT2D eigenvalue weighted by atomic mass is 10.1. The monoisotopic (exact) mass is 289 g/mol. The zero-order valence-electron chi connectivity index (χ0n) is 13.1. The number of nitrogens with zero attached hydrogens (tertiary/aromatic N) is 2. The van der Waals surface area contributed by atoms with E-state index in [1.54, 1.807) is 0 Å². The summed E-state index contributed by atoms with van der Waals surface area (Å²) < 4.78 is 2.30. The van der Waals surface area contributed by atoms with Gasteiger partial charge in [-0.05, 0) is 31.9 Å². The second kappa shape index (κ2) is 6.65. The van der Waals surface area contributed by atoms with Crippen LogP contribution in [-0.2, 0) is 11.3 Å². The summed E-state index contributed by atoms with van der Waals surface area (Å²) >= 11 is 0. The van der Waals surface area contributed by atoms with Gasteiger partial charge in [-0.2, -0.15) is 0 Å². The molecule has 0 saturated heterocycles. The minimum Gasteiger partial charge on any atom is -0.352 e. The molecule has 1 aliphatic carbocycles. The van der Waals surface area contributed by atoms with Crippen LogP contribution in [0.2, 0.25) is 0 Å². The highest BCUT2D eigenvalue weighted by Crippen LogP contribution is 2.25. The summed E-state index contributed by atoms with van der Waals surface area (Å²) in [5.74, 6) is 0.203. The smallest absolute Gasteiger partial charge is 0.234 e. The molecular weight excluding hydrogens is 262 g/mol. The van der Waals surface area contributed by atoms with Gasteiger partial charge in [-0.15, -0.1) is 0 Å². The van der Waals surface area contributed by atoms with Gasteiger partial charge in [0, 0.05) is 37.1 Å². The molecule has 1 fully saturated rings. The number of aromatic nitrogens is 1. The minimum atomic E-state index is 0.203. The van der Waals surface area contributed by atoms with Crippen LogP contribution in [0.1, 0.15) is 57.2 Å². The highest BCUT2D eigenvalue weighted by Gasteiger charge is 2.25. The third-order valence-corrected chi connectivity index (χ3v) is 5.04. The maximum atomic E-state index is 12.3. The molecule has 1 aliphatic heterocycles. The Hall–Kier alpha value is -1.29. The van der Waals surface area contributed by atoms with E-state index in [-0.39, 0.29) is 5.91 Å². The van der Waals surface area contributed by atoms with Crippen LogP contribution in [0.4, 0.5) is 0 Å². The van der Waals surface area contributed by atoms with Gasteiger partial charge in [0.2, 0.25) is 5.91 Å². The van der Waals surface area contributed by atoms with E-state index in [2.05, 4.69) is 40.0 Å². The highest BCUT2D eigenvalue weighted by atomic mass is 16.2. The average molecular weight is 289 g/mol. The molecule has 4 nitrogen and oxygen atoms in total. The molecule has 1 saturated carbocycles. The molecular formula is C17H27N3O. The fourth-order valence-electron chi connectivity index (χ4n) is 3.72. The zero-order valence-corrected chi connectivity index (χ0v) is 13.1. The van der Waals surface area contributed by atoms with Crippen LogP contribution >= 0.6 is 0 Å². The molecule has 0 radical (unpaired) electrons. The van der Waals surface area contributed by atoms with E-state index in [9.17, 15) is 4.79 Å². The van der Waals surface area contributed by atoms with E-state index in [1.165, 1.54) is 31.4 Å². The van der Waals surface area contributed by atoms with Gasteiger partial charge >= 0.3 is 0 Å². The molecule has 1 N–H and O–H groups in total. The predicted molar refractivity (Wildman–Crippen MR) is 84.1 cm³/mol. The second-order valence-corrected chi connectivity index (χ2v) is 6.53. The van der Waals surface area contributed by atoms with Crippen LogP contribution < -0.4 is 5.32 Å². The Bertz CT molecular complexity index is 474. The summed E-state index contributed by atoms with van der Waals surface area (Å²) in [4.78, 5) is 14.6. The van der Waals surface area contributed by atoms with Gasteiger partial charge in [0.1, 0.15) is 0 Å². The topological polar surface area (TPSA) is 37.3 Å². The fourth-order valence-corrected chi connectivity index (χ4v) is 3.72. The summed E-state index contributed by atoms with van der Waals surface area (Å²) in [6, 6.07) is 5.00. The molecule has 21 heavy (non-hydrogen) atoms. The first-order valence-electron chi connectivity index (χ1n) is 8.42. The Morgan fingerprint density at radius 1 is 1.24 bits per heavy atom. The van der Waals surface area contributed by atoms with Gasteiger partial charge in [-0.25, -0.2) is 0 Å². The quantitative estimate of drug-likeness (QED) is 0.869. The number of amides is 1. The van der Waals surface area contributed by atoms with E-state index in [0.29, 0.717) is 18.6 Å². The van der Waals surface area contributed by atoms with E-state index >= 15 is 0 Å². The summed E-state index contributed by atoms with van der Waals surface area (Å²) in [7, 11) is 0. The molecule has 1 amide bonds. The Morgan fingerprint density at radius 2 is 2.00 bits per heavy atom. The van der Waals surface area contributed by atoms with Crippen molar-refractivity contribution in [1.82, 2.24) is 14.8 Å². The summed E-state index contributed by atoms with van der Waals surface area (Å²) in [6.45, 7) is 4.68. The molecule has 2 aliphatic rings. The molecule has 1 atom stereocenters. The molecule has 2 heterocycles. The SMILES string of the molecule is C[C@@H]1c2cccn2CCN1CC(=O)NC1CCCCCC1. The lowest BCUT2D eigenvalue weighted by Gasteiger charge is -2.34. The van der Waals surface area contributed by atoms with E-state index in [0.717, 1.165) is 25.9 Å². The lowest BCUT2D eigenvalue weighted by Crippen LogP contribution is -2.45. The predicted octanol–water partition coefficient (Wildman–Crippen LogP) is 2.70. The third-order valence-electron chi connectivity index (χ3n) is 5.04. The first-order chi connectivity index (χ1) is 10.2. The molecule has 1 aromatic rings. The first kappa shape index (κ1) is 14.6. The van der Waals surface area contributed by atoms with Crippen LogP contribution in [0.5, 0.6) is 0 Å². The Labute approximate surface area is 127 Å². The Morgan fingerprint density at radius 3 is 2.76 bits per heavy atom. The minimum absolute atomic E-state index is 0.203. The molecule has 0 spiro atoms. The number of fused-ring (bicyclic) bond motifs is 1. The van der Waals surface area contributed by atoms with Gasteiger partial charge < -0.3 is 9.88 Å². The normalized spacial score (nSPS) is 24.3. The number of hydrogen-bond acceptors (Lipinski definition) is 2. The maximum Gasteiger partial charge on any atom is 0.234 e. The van der Waals surface area contributed by atoms with Crippen molar-refractivity contribution in [2.24, 2.45) is 0 Å². The van der Waals surface area contributed by atoms with E-state index in [1.807, 2.05) is 0 Å². The van der Waals surface area contributed by atoms with Crippen LogP contribution in [0.15, 0.2) is 18.3 Å². The lowest BCUT2D eigenvalue weighted by molar-refractivity contribution is -0.123. The van der Waals surface area contributed by atoms with Crippen molar-refractivity contribution in [2.45, 2.75) is 64.1 Å². The Balaban J connectivity index is 1.53. The Kier molecular flexibility index (Phi) is 4.63. The van der Waals surface area contributed by atoms with E-state index in [4.69, 9.17) is 0 Å². The van der Waals surface area contributed by atoms with Crippen molar-refractivity contribution in [3.63, 3.8) is 0 Å². The van der Waals surface area contributed by atoms with Crippen molar-refractivity contribution in [1.29, 1.82) is 0 Å². The summed E-state index contributed by atoms with van der Waals surface area (Å²) in [5, 5.41) is 3.26. The number of carbonyl (C=O) groups excluding carboxylic acids is 1. The maximum absolute atomic E-state index is 12.3. The molecule has 1 aromatic heterocycles. The largest absolute Gasteiger partial charge is 0.352 e. The van der Waals surface area contributed by atoms with Gasteiger partial charge in [0.15, 0.2) is 0 Å². The van der Waals surface area contributed by atoms with Gasteiger partial charge in [-0.1, -0.05) is 25.7 Å². The highest BCUT2D eigenvalue weighted by molar-refractivity contribution is 5.78. The van der Waals surface area contributed by atoms with E-state index < -0.39 is 0 Å². The van der Waals surface area contributed by atoms with Gasteiger partial charge in [-0.3, -0.25) is 9.69 Å². The third kappa shape index (κ3) is 3.49. The number of nitrogens with one attached hydrogen (secondary N) is 1. The first-order valence-corrected chi connectivity index (χ1v) is 8.42. The second-order valence-electron chi connectivity index (χ2n) is 6.53. The van der Waals surface area contributed by atoms with Crippen molar-refractivity contribution in [3.05, 3.63) is 24.0 Å². The van der Waals surface area contributed by atoms with Crippen molar-refractivity contribution in [3.8, 4) is 0 Å². The summed E-state index contributed by atoms with van der Waals surface area (Å²) in [5.41, 5.74) is 1.32. The number of carbonyl (C=O) groups is 1. The standard InChI is InChI=1S/C17H27N3O/c1-14-16-9-6-10-19(16)11-12-20(14)13-17(21)18-15-7-4-2-3-5-8-15/h6,9-10,14-15H,2-5,7-8,11-13H2,1H3,(H,18,21)/t14-/m1/s1. The molecule has 3 rings (SSSR count). The van der Waals surface area contributed by atoms with Crippen molar-refractivity contribution >= 4 is 5.91 Å². The molecule has 0 bridgehead atoms. The van der Waals surface area contributed by atoms with Gasteiger partial charge in [0.05, 0.1) is 6.54 Å². The molecule has 116 valence electrons. The van der Waals surface area contributed by atoms with Crippen LogP contribution in [0, 0.1) is 0 Å². The molecule has 4 heteroatoms. The van der Waals surface area contributed by atoms with Crippen LogP contribution in [0.3, 0.4) is 0 Å². The molecule has 0 unspecified atom stereocenters. The van der Waals surface area contributed by atoms with Crippen molar-refractivity contribution < 1.29 is 4.79 Å². The summed E-state index contributed by atoms with van der Waals surface area (Å²) in [6.07, 6.45) is 9.62. The van der Waals surface area contributed by atoms with Crippen LogP contribution in [0.25, 0.3) is 0 Å². The van der Waals surface area contributed by atoms with Crippen molar-refractivity contribution in [2.75, 3.05) is 13.1 Å². The van der Waals surface area contributed by atoms with Crippen LogP contribution in [-0.4, -0.2) is 34.5 Å². The number of rotatable bonds is 3. The average Bonchev–Trinajstić information content (AvgIpc) is 2.81. The molecule has 0 aromatic carbocycles. The number of hydrogen-bond donors (Lipinski definition) is 1. The fraction of sp³-hybridized carbons (Fsp3) is 0.706. The zero-order chi connectivity index (χ0) is 14.7. The van der Waals surface area contributed by atoms with Gasteiger partial charge in [0.25, 0.3) is 0 Å².